The average Bonchev–Trinajstić information content (AvgIpc) is 3.38. The van der Waals surface area contributed by atoms with Crippen molar-refractivity contribution in [1.82, 2.24) is 9.88 Å². The lowest BCUT2D eigenvalue weighted by Crippen LogP contribution is -2.43. The minimum Gasteiger partial charge on any atom is -0.459 e. The van der Waals surface area contributed by atoms with Crippen LogP contribution in [-0.4, -0.2) is 61.4 Å². The summed E-state index contributed by atoms with van der Waals surface area (Å²) in [6, 6.07) is 9.63. The highest BCUT2D eigenvalue weighted by molar-refractivity contribution is 7.98. The number of thiazole rings is 1. The first-order valence-corrected chi connectivity index (χ1v) is 10.9. The lowest BCUT2D eigenvalue weighted by Gasteiger charge is -2.28. The Labute approximate surface area is 178 Å². The van der Waals surface area contributed by atoms with E-state index >= 15 is 0 Å². The number of furan rings is 1. The SMILES string of the molecule is CSc1ccc2nc(N(CCN3CCOCC3)C(=O)c3ccco3)sc2c1.Cl. The topological polar surface area (TPSA) is 58.8 Å². The molecule has 0 spiro atoms. The number of benzene rings is 1. The number of ether oxygens (including phenoxy) is 1. The fourth-order valence-electron chi connectivity index (χ4n) is 3.02. The average molecular weight is 440 g/mol. The van der Waals surface area contributed by atoms with Crippen molar-refractivity contribution in [1.29, 1.82) is 0 Å². The molecular formula is C19H22ClN3O3S2. The van der Waals surface area contributed by atoms with Crippen molar-refractivity contribution in [3.63, 3.8) is 0 Å². The third-order valence-corrected chi connectivity index (χ3v) is 6.30. The summed E-state index contributed by atoms with van der Waals surface area (Å²) in [4.78, 5) is 23.0. The molecule has 1 amide bonds. The maximum Gasteiger partial charge on any atom is 0.295 e. The van der Waals surface area contributed by atoms with E-state index in [9.17, 15) is 4.79 Å². The molecule has 4 rings (SSSR count). The molecule has 1 aromatic carbocycles. The molecule has 0 atom stereocenters. The maximum absolute atomic E-state index is 13.0. The molecule has 0 radical (unpaired) electrons. The standard InChI is InChI=1S/C19H21N3O3S2.ClH/c1-26-14-4-5-15-17(13-14)27-19(20-15)22(18(23)16-3-2-10-25-16)7-6-21-8-11-24-12-9-21;/h2-5,10,13H,6-9,11-12H2,1H3;1H. The van der Waals surface area contributed by atoms with Gasteiger partial charge in [-0.3, -0.25) is 14.6 Å². The number of aromatic nitrogens is 1. The number of nitrogens with zero attached hydrogens (tertiary/aromatic N) is 3. The van der Waals surface area contributed by atoms with Gasteiger partial charge in [0, 0.05) is 31.1 Å². The smallest absolute Gasteiger partial charge is 0.295 e. The predicted molar refractivity (Wildman–Crippen MR) is 116 cm³/mol. The number of hydrogen-bond acceptors (Lipinski definition) is 7. The Morgan fingerprint density at radius 3 is 2.86 bits per heavy atom. The van der Waals surface area contributed by atoms with Crippen molar-refractivity contribution >= 4 is 56.8 Å². The zero-order valence-electron chi connectivity index (χ0n) is 15.5. The van der Waals surface area contributed by atoms with E-state index in [0.29, 0.717) is 17.4 Å². The van der Waals surface area contributed by atoms with E-state index in [1.54, 1.807) is 40.1 Å². The summed E-state index contributed by atoms with van der Waals surface area (Å²) in [7, 11) is 0. The number of amides is 1. The van der Waals surface area contributed by atoms with Crippen molar-refractivity contribution in [2.45, 2.75) is 4.90 Å². The van der Waals surface area contributed by atoms with Gasteiger partial charge in [0.1, 0.15) is 0 Å². The largest absolute Gasteiger partial charge is 0.459 e. The van der Waals surface area contributed by atoms with Crippen LogP contribution in [0.15, 0.2) is 45.9 Å². The fraction of sp³-hybridized carbons (Fsp3) is 0.368. The Morgan fingerprint density at radius 2 is 2.14 bits per heavy atom. The highest BCUT2D eigenvalue weighted by Gasteiger charge is 2.24. The van der Waals surface area contributed by atoms with Gasteiger partial charge in [-0.15, -0.1) is 24.2 Å². The monoisotopic (exact) mass is 439 g/mol. The first-order chi connectivity index (χ1) is 13.2. The minimum absolute atomic E-state index is 0. The van der Waals surface area contributed by atoms with Crippen LogP contribution >= 0.6 is 35.5 Å². The van der Waals surface area contributed by atoms with Crippen molar-refractivity contribution in [3.8, 4) is 0 Å². The third-order valence-electron chi connectivity index (χ3n) is 4.54. The van der Waals surface area contributed by atoms with Gasteiger partial charge in [0.25, 0.3) is 5.91 Å². The van der Waals surface area contributed by atoms with Gasteiger partial charge in [-0.25, -0.2) is 4.98 Å². The molecule has 1 aliphatic rings. The summed E-state index contributed by atoms with van der Waals surface area (Å²) < 4.78 is 11.8. The van der Waals surface area contributed by atoms with Gasteiger partial charge in [0.05, 0.1) is 29.7 Å². The number of carbonyl (C=O) groups excluding carboxylic acids is 1. The van der Waals surface area contributed by atoms with Gasteiger partial charge in [0.15, 0.2) is 10.9 Å². The summed E-state index contributed by atoms with van der Waals surface area (Å²) in [5.74, 6) is 0.179. The number of rotatable bonds is 6. The Morgan fingerprint density at radius 1 is 1.32 bits per heavy atom. The van der Waals surface area contributed by atoms with Crippen molar-refractivity contribution in [2.75, 3.05) is 50.5 Å². The number of halogens is 1. The van der Waals surface area contributed by atoms with E-state index in [4.69, 9.17) is 14.1 Å². The molecule has 0 unspecified atom stereocenters. The molecule has 6 nitrogen and oxygen atoms in total. The fourth-order valence-corrected chi connectivity index (χ4v) is 4.56. The number of thioether (sulfide) groups is 1. The normalized spacial score (nSPS) is 14.8. The molecule has 0 aliphatic carbocycles. The third kappa shape index (κ3) is 4.69. The number of anilines is 1. The van der Waals surface area contributed by atoms with E-state index < -0.39 is 0 Å². The Hall–Kier alpha value is -1.58. The summed E-state index contributed by atoms with van der Waals surface area (Å²) in [5.41, 5.74) is 0.913. The van der Waals surface area contributed by atoms with Crippen LogP contribution in [0, 0.1) is 0 Å². The second-order valence-corrected chi connectivity index (χ2v) is 8.11. The minimum atomic E-state index is -0.155. The summed E-state index contributed by atoms with van der Waals surface area (Å²) in [5, 5.41) is 0.706. The summed E-state index contributed by atoms with van der Waals surface area (Å²) in [6.07, 6.45) is 3.58. The Balaban J connectivity index is 0.00000225. The van der Waals surface area contributed by atoms with Gasteiger partial charge < -0.3 is 9.15 Å². The molecule has 1 saturated heterocycles. The molecule has 2 aromatic heterocycles. The zero-order valence-corrected chi connectivity index (χ0v) is 17.9. The van der Waals surface area contributed by atoms with Crippen LogP contribution in [0.2, 0.25) is 0 Å². The van der Waals surface area contributed by atoms with Gasteiger partial charge in [-0.2, -0.15) is 0 Å². The van der Waals surface area contributed by atoms with Gasteiger partial charge in [-0.05, 0) is 36.6 Å². The zero-order chi connectivity index (χ0) is 18.6. The molecule has 0 bridgehead atoms. The number of fused-ring (bicyclic) bond motifs is 1. The number of morpholine rings is 1. The quantitative estimate of drug-likeness (QED) is 0.541. The van der Waals surface area contributed by atoms with Gasteiger partial charge in [0.2, 0.25) is 0 Å². The van der Waals surface area contributed by atoms with Crippen LogP contribution in [0.3, 0.4) is 0 Å². The van der Waals surface area contributed by atoms with E-state index in [2.05, 4.69) is 23.3 Å². The lowest BCUT2D eigenvalue weighted by atomic mass is 10.3. The molecule has 0 N–H and O–H groups in total. The van der Waals surface area contributed by atoms with E-state index in [0.717, 1.165) is 43.1 Å². The van der Waals surface area contributed by atoms with E-state index in [-0.39, 0.29) is 18.3 Å². The maximum atomic E-state index is 13.0. The summed E-state index contributed by atoms with van der Waals surface area (Å²) in [6.45, 7) is 4.60. The van der Waals surface area contributed by atoms with Crippen LogP contribution in [0.1, 0.15) is 10.6 Å². The molecule has 3 heterocycles. The Bertz CT molecular complexity index is 910. The van der Waals surface area contributed by atoms with Gasteiger partial charge >= 0.3 is 0 Å². The second kappa shape index (κ2) is 9.76. The molecule has 9 heteroatoms. The predicted octanol–water partition coefficient (Wildman–Crippen LogP) is 4.01. The van der Waals surface area contributed by atoms with Crippen LogP contribution in [0.5, 0.6) is 0 Å². The van der Waals surface area contributed by atoms with Crippen molar-refractivity contribution in [2.24, 2.45) is 0 Å². The second-order valence-electron chi connectivity index (χ2n) is 6.22. The first-order valence-electron chi connectivity index (χ1n) is 8.84. The lowest BCUT2D eigenvalue weighted by molar-refractivity contribution is 0.0390. The van der Waals surface area contributed by atoms with Crippen molar-refractivity contribution < 1.29 is 13.9 Å². The molecule has 28 heavy (non-hydrogen) atoms. The molecule has 150 valence electrons. The molecule has 1 aliphatic heterocycles. The molecular weight excluding hydrogens is 418 g/mol. The number of carbonyl (C=O) groups is 1. The highest BCUT2D eigenvalue weighted by Crippen LogP contribution is 2.32. The first kappa shape index (κ1) is 21.1. The molecule has 0 saturated carbocycles. The van der Waals surface area contributed by atoms with Crippen LogP contribution in [0.4, 0.5) is 5.13 Å². The highest BCUT2D eigenvalue weighted by atomic mass is 35.5. The van der Waals surface area contributed by atoms with E-state index in [1.807, 2.05) is 6.07 Å². The van der Waals surface area contributed by atoms with Gasteiger partial charge in [-0.1, -0.05) is 11.3 Å². The van der Waals surface area contributed by atoms with E-state index in [1.165, 1.54) is 11.2 Å². The Kier molecular flexibility index (Phi) is 7.36. The van der Waals surface area contributed by atoms with Crippen LogP contribution < -0.4 is 4.90 Å². The van der Waals surface area contributed by atoms with Crippen LogP contribution in [0.25, 0.3) is 10.2 Å². The number of hydrogen-bond donors (Lipinski definition) is 0. The van der Waals surface area contributed by atoms with Crippen LogP contribution in [-0.2, 0) is 4.74 Å². The molecule has 1 fully saturated rings. The summed E-state index contributed by atoms with van der Waals surface area (Å²) >= 11 is 3.24. The van der Waals surface area contributed by atoms with Crippen molar-refractivity contribution in [3.05, 3.63) is 42.4 Å². The molecule has 3 aromatic rings.